The van der Waals surface area contributed by atoms with Gasteiger partial charge in [0.25, 0.3) is 0 Å². The quantitative estimate of drug-likeness (QED) is 0.127. The molecule has 0 bridgehead atoms. The van der Waals surface area contributed by atoms with E-state index in [0.717, 1.165) is 56.5 Å². The summed E-state index contributed by atoms with van der Waals surface area (Å²) in [6.45, 7) is 0. The van der Waals surface area contributed by atoms with Gasteiger partial charge < -0.3 is 14.4 Å². The van der Waals surface area contributed by atoms with Crippen LogP contribution < -0.4 is 9.80 Å². The highest BCUT2D eigenvalue weighted by Gasteiger charge is 2.23. The Morgan fingerprint density at radius 3 is 1.35 bits per heavy atom. The molecule has 0 radical (unpaired) electrons. The topological polar surface area (TPSA) is 11.4 Å². The van der Waals surface area contributed by atoms with E-state index in [1.54, 1.807) is 0 Å². The maximum Gasteiger partial charge on any atom is 0.0702 e. The van der Waals surface area contributed by atoms with Gasteiger partial charge in [0.05, 0.1) is 22.4 Å². The zero-order valence-electron chi connectivity index (χ0n) is 39.0. The molecule has 1 aromatic heterocycles. The molecule has 0 atom stereocenters. The Labute approximate surface area is 414 Å². The van der Waals surface area contributed by atoms with Crippen molar-refractivity contribution < 1.29 is 0 Å². The molecule has 0 amide bonds. The van der Waals surface area contributed by atoms with E-state index < -0.39 is 0 Å². The molecule has 0 saturated carbocycles. The summed E-state index contributed by atoms with van der Waals surface area (Å²) in [7, 11) is 0. The number of fused-ring (bicyclic) bond motifs is 6. The van der Waals surface area contributed by atoms with Crippen molar-refractivity contribution in [1.29, 1.82) is 0 Å². The van der Waals surface area contributed by atoms with Crippen molar-refractivity contribution in [2.45, 2.75) is 0 Å². The minimum atomic E-state index is 1.06. The van der Waals surface area contributed by atoms with Gasteiger partial charge >= 0.3 is 0 Å². The van der Waals surface area contributed by atoms with E-state index >= 15 is 0 Å². The molecule has 3 heteroatoms. The van der Waals surface area contributed by atoms with Gasteiger partial charge in [0.15, 0.2) is 0 Å². The van der Waals surface area contributed by atoms with Gasteiger partial charge in [0, 0.05) is 39.2 Å². The van der Waals surface area contributed by atoms with Crippen LogP contribution >= 0.6 is 0 Å². The standard InChI is InChI=1S/C68H47N3/c1-5-20-48(21-6-1)54-42-55(49-22-7-2-8-23-49)46-60(45-54)71-65-33-16-15-32-63(65)64-40-38-52(47-68(64)71)51-25-19-30-58(43-51)69(56-26-9-3-10-27-56)66-34-17-18-35-67(66)70(57-28-11-4-12-29-57)59-39-41-62-53(44-59)37-36-50-24-13-14-31-61(50)62/h1-47H. The third-order valence-corrected chi connectivity index (χ3v) is 13.9. The summed E-state index contributed by atoms with van der Waals surface area (Å²) in [4.78, 5) is 4.80. The molecular formula is C68H47N3. The van der Waals surface area contributed by atoms with Crippen LogP contribution in [-0.4, -0.2) is 4.57 Å². The molecule has 71 heavy (non-hydrogen) atoms. The van der Waals surface area contributed by atoms with Gasteiger partial charge in [-0.3, -0.25) is 0 Å². The predicted molar refractivity (Wildman–Crippen MR) is 301 cm³/mol. The van der Waals surface area contributed by atoms with Gasteiger partial charge in [0.2, 0.25) is 0 Å². The molecular weight excluding hydrogens is 859 g/mol. The first-order valence-corrected chi connectivity index (χ1v) is 24.3. The van der Waals surface area contributed by atoms with E-state index in [2.05, 4.69) is 299 Å². The normalized spacial score (nSPS) is 11.4. The molecule has 0 unspecified atom stereocenters. The lowest BCUT2D eigenvalue weighted by molar-refractivity contribution is 1.18. The molecule has 0 N–H and O–H groups in total. The summed E-state index contributed by atoms with van der Waals surface area (Å²) in [6, 6.07) is 103. The molecule has 0 aliphatic carbocycles. The molecule has 334 valence electrons. The summed E-state index contributed by atoms with van der Waals surface area (Å²) >= 11 is 0. The Morgan fingerprint density at radius 2 is 0.690 bits per heavy atom. The van der Waals surface area contributed by atoms with Crippen molar-refractivity contribution in [2.75, 3.05) is 9.80 Å². The van der Waals surface area contributed by atoms with E-state index in [4.69, 9.17) is 0 Å². The highest BCUT2D eigenvalue weighted by atomic mass is 15.2. The Balaban J connectivity index is 0.967. The van der Waals surface area contributed by atoms with Gasteiger partial charge in [-0.05, 0) is 146 Å². The SMILES string of the molecule is c1ccc(-c2cc(-c3ccccc3)cc(-n3c4ccccc4c4ccc(-c5cccc(N(c6ccccc6)c6ccccc6N(c6ccccc6)c6ccc7c(ccc8ccccc87)c6)c5)cc43)c2)cc1. The number of nitrogens with zero attached hydrogens (tertiary/aromatic N) is 3. The van der Waals surface area contributed by atoms with Crippen molar-refractivity contribution in [1.82, 2.24) is 4.57 Å². The third kappa shape index (κ3) is 7.67. The van der Waals surface area contributed by atoms with E-state index in [9.17, 15) is 0 Å². The highest BCUT2D eigenvalue weighted by Crippen LogP contribution is 2.47. The van der Waals surface area contributed by atoms with Crippen LogP contribution in [0.25, 0.3) is 82.4 Å². The van der Waals surface area contributed by atoms with Gasteiger partial charge in [0.1, 0.15) is 0 Å². The fourth-order valence-electron chi connectivity index (χ4n) is 10.6. The first kappa shape index (κ1) is 41.7. The molecule has 0 fully saturated rings. The molecule has 13 aromatic rings. The lowest BCUT2D eigenvalue weighted by Gasteiger charge is -2.33. The van der Waals surface area contributed by atoms with Crippen LogP contribution in [0.15, 0.2) is 285 Å². The van der Waals surface area contributed by atoms with Crippen LogP contribution in [0.4, 0.5) is 34.1 Å². The molecule has 3 nitrogen and oxygen atoms in total. The highest BCUT2D eigenvalue weighted by molar-refractivity contribution is 6.11. The van der Waals surface area contributed by atoms with E-state index in [-0.39, 0.29) is 0 Å². The Bertz CT molecular complexity index is 3990. The van der Waals surface area contributed by atoms with Crippen LogP contribution in [0.1, 0.15) is 0 Å². The smallest absolute Gasteiger partial charge is 0.0702 e. The number of hydrogen-bond donors (Lipinski definition) is 0. The number of aromatic nitrogens is 1. The molecule has 1 heterocycles. The first-order chi connectivity index (χ1) is 35.2. The fraction of sp³-hybridized carbons (Fsp3) is 0. The second-order valence-corrected chi connectivity index (χ2v) is 18.2. The lowest BCUT2D eigenvalue weighted by Crippen LogP contribution is -2.17. The lowest BCUT2D eigenvalue weighted by atomic mass is 9.98. The zero-order valence-corrected chi connectivity index (χ0v) is 39.0. The second kappa shape index (κ2) is 17.9. The summed E-state index contributed by atoms with van der Waals surface area (Å²) < 4.78 is 2.46. The number of rotatable bonds is 10. The van der Waals surface area contributed by atoms with E-state index in [1.165, 1.54) is 60.1 Å². The van der Waals surface area contributed by atoms with Crippen LogP contribution in [0.3, 0.4) is 0 Å². The Hall–Kier alpha value is -9.44. The van der Waals surface area contributed by atoms with Crippen molar-refractivity contribution >= 4 is 77.5 Å². The average Bonchev–Trinajstić information content (AvgIpc) is 3.78. The zero-order chi connectivity index (χ0) is 47.1. The van der Waals surface area contributed by atoms with Crippen LogP contribution in [0.2, 0.25) is 0 Å². The molecule has 0 aliphatic rings. The van der Waals surface area contributed by atoms with Crippen molar-refractivity contribution in [3.63, 3.8) is 0 Å². The van der Waals surface area contributed by atoms with Crippen LogP contribution in [0.5, 0.6) is 0 Å². The second-order valence-electron chi connectivity index (χ2n) is 18.2. The first-order valence-electron chi connectivity index (χ1n) is 24.3. The minimum absolute atomic E-state index is 1.06. The number of hydrogen-bond acceptors (Lipinski definition) is 2. The van der Waals surface area contributed by atoms with Gasteiger partial charge in [-0.25, -0.2) is 0 Å². The monoisotopic (exact) mass is 905 g/mol. The van der Waals surface area contributed by atoms with Gasteiger partial charge in [-0.2, -0.15) is 0 Å². The number of para-hydroxylation sites is 5. The van der Waals surface area contributed by atoms with Crippen LogP contribution in [0, 0.1) is 0 Å². The summed E-state index contributed by atoms with van der Waals surface area (Å²) in [5.41, 5.74) is 16.9. The molecule has 0 spiro atoms. The largest absolute Gasteiger partial charge is 0.309 e. The summed E-state index contributed by atoms with van der Waals surface area (Å²) in [6.07, 6.45) is 0. The number of benzene rings is 12. The predicted octanol–water partition coefficient (Wildman–Crippen LogP) is 19.0. The minimum Gasteiger partial charge on any atom is -0.309 e. The summed E-state index contributed by atoms with van der Waals surface area (Å²) in [5.74, 6) is 0. The molecule has 0 aliphatic heterocycles. The summed E-state index contributed by atoms with van der Waals surface area (Å²) in [5, 5.41) is 7.38. The molecule has 13 rings (SSSR count). The van der Waals surface area contributed by atoms with Crippen molar-refractivity contribution in [2.24, 2.45) is 0 Å². The third-order valence-electron chi connectivity index (χ3n) is 13.9. The van der Waals surface area contributed by atoms with Crippen LogP contribution in [-0.2, 0) is 0 Å². The van der Waals surface area contributed by atoms with Crippen molar-refractivity contribution in [3.05, 3.63) is 285 Å². The Morgan fingerprint density at radius 1 is 0.225 bits per heavy atom. The van der Waals surface area contributed by atoms with E-state index in [0.29, 0.717) is 0 Å². The maximum atomic E-state index is 2.46. The van der Waals surface area contributed by atoms with E-state index in [1.807, 2.05) is 0 Å². The molecule has 12 aromatic carbocycles. The maximum absolute atomic E-state index is 2.46. The molecule has 0 saturated heterocycles. The average molecular weight is 906 g/mol. The van der Waals surface area contributed by atoms with Crippen molar-refractivity contribution in [3.8, 4) is 39.1 Å². The van der Waals surface area contributed by atoms with Gasteiger partial charge in [-0.15, -0.1) is 0 Å². The Kier molecular flexibility index (Phi) is 10.5. The van der Waals surface area contributed by atoms with Gasteiger partial charge in [-0.1, -0.05) is 194 Å². The fourth-order valence-corrected chi connectivity index (χ4v) is 10.6. The number of anilines is 6.